The fourth-order valence-electron chi connectivity index (χ4n) is 1.91. The van der Waals surface area contributed by atoms with Crippen LogP contribution in [0.3, 0.4) is 0 Å². The Kier molecular flexibility index (Phi) is 3.99. The fourth-order valence-corrected chi connectivity index (χ4v) is 4.49. The third-order valence-corrected chi connectivity index (χ3v) is 7.82. The first-order chi connectivity index (χ1) is 6.65. The van der Waals surface area contributed by atoms with Gasteiger partial charge in [0.15, 0.2) is 0 Å². The minimum absolute atomic E-state index is 1.08. The second-order valence-electron chi connectivity index (χ2n) is 4.15. The number of allylic oxidation sites excluding steroid dienone is 3. The molecule has 1 aliphatic rings. The van der Waals surface area contributed by atoms with Crippen LogP contribution >= 0.6 is 0 Å². The summed E-state index contributed by atoms with van der Waals surface area (Å²) in [6.45, 7) is 8.97. The van der Waals surface area contributed by atoms with Crippen LogP contribution in [0.5, 0.6) is 0 Å². The molecular weight excluding hydrogens is 188 g/mol. The van der Waals surface area contributed by atoms with Gasteiger partial charge in [0.05, 0.1) is 5.76 Å². The summed E-state index contributed by atoms with van der Waals surface area (Å²) in [5.74, 6) is 1.14. The molecule has 0 radical (unpaired) electrons. The maximum absolute atomic E-state index is 6.24. The van der Waals surface area contributed by atoms with Crippen molar-refractivity contribution in [2.24, 2.45) is 0 Å². The van der Waals surface area contributed by atoms with Crippen LogP contribution in [0.4, 0.5) is 0 Å². The molecular formula is C12H22OSi. The molecule has 1 rings (SSSR count). The van der Waals surface area contributed by atoms with Gasteiger partial charge in [0.1, 0.15) is 0 Å². The van der Waals surface area contributed by atoms with Crippen molar-refractivity contribution in [2.45, 2.75) is 52.2 Å². The van der Waals surface area contributed by atoms with Crippen LogP contribution < -0.4 is 0 Å². The summed E-state index contributed by atoms with van der Waals surface area (Å²) in [5, 5.41) is 0. The van der Waals surface area contributed by atoms with Gasteiger partial charge < -0.3 is 4.43 Å². The van der Waals surface area contributed by atoms with E-state index in [9.17, 15) is 0 Å². The quantitative estimate of drug-likeness (QED) is 0.617. The first-order valence-electron chi connectivity index (χ1n) is 5.72. The molecule has 1 aliphatic carbocycles. The molecule has 0 heterocycles. The van der Waals surface area contributed by atoms with Gasteiger partial charge in [-0.25, -0.2) is 0 Å². The van der Waals surface area contributed by atoms with Crippen molar-refractivity contribution in [1.29, 1.82) is 0 Å². The lowest BCUT2D eigenvalue weighted by atomic mass is 10.3. The largest absolute Gasteiger partial charge is 0.544 e. The summed E-state index contributed by atoms with van der Waals surface area (Å²) in [5.41, 5.74) is 1.42. The van der Waals surface area contributed by atoms with Crippen molar-refractivity contribution in [2.75, 3.05) is 0 Å². The molecule has 0 aromatic rings. The molecule has 0 fully saturated rings. The second-order valence-corrected chi connectivity index (χ2v) is 8.84. The van der Waals surface area contributed by atoms with E-state index in [0.29, 0.717) is 0 Å². The summed E-state index contributed by atoms with van der Waals surface area (Å²) in [6.07, 6.45) is 5.50. The molecule has 14 heavy (non-hydrogen) atoms. The monoisotopic (exact) mass is 210 g/mol. The molecule has 0 spiro atoms. The van der Waals surface area contributed by atoms with Crippen LogP contribution in [0.2, 0.25) is 18.1 Å². The molecule has 0 saturated heterocycles. The highest BCUT2D eigenvalue weighted by Crippen LogP contribution is 2.28. The Bertz CT molecular complexity index is 241. The summed E-state index contributed by atoms with van der Waals surface area (Å²) in [6, 6.07) is 3.68. The van der Waals surface area contributed by atoms with Gasteiger partial charge in [0.2, 0.25) is 8.32 Å². The second kappa shape index (κ2) is 4.83. The molecule has 1 nitrogen and oxygen atoms in total. The SMILES string of the molecule is CC[Si](CC)(CC)OC1=CCC(C)=C1. The van der Waals surface area contributed by atoms with Crippen LogP contribution in [-0.2, 0) is 4.43 Å². The van der Waals surface area contributed by atoms with E-state index < -0.39 is 8.32 Å². The van der Waals surface area contributed by atoms with Crippen LogP contribution in [0.15, 0.2) is 23.5 Å². The predicted molar refractivity (Wildman–Crippen MR) is 64.7 cm³/mol. The first kappa shape index (κ1) is 11.6. The van der Waals surface area contributed by atoms with E-state index in [1.54, 1.807) is 0 Å². The van der Waals surface area contributed by atoms with Crippen molar-refractivity contribution in [1.82, 2.24) is 0 Å². The van der Waals surface area contributed by atoms with Crippen LogP contribution in [-0.4, -0.2) is 8.32 Å². The van der Waals surface area contributed by atoms with E-state index in [1.807, 2.05) is 0 Å². The Morgan fingerprint density at radius 3 is 2.14 bits per heavy atom. The smallest absolute Gasteiger partial charge is 0.250 e. The molecule has 0 atom stereocenters. The van der Waals surface area contributed by atoms with Gasteiger partial charge in [0, 0.05) is 0 Å². The highest BCUT2D eigenvalue weighted by Gasteiger charge is 2.31. The lowest BCUT2D eigenvalue weighted by molar-refractivity contribution is 0.423. The van der Waals surface area contributed by atoms with Gasteiger partial charge in [-0.2, -0.15) is 0 Å². The zero-order valence-corrected chi connectivity index (χ0v) is 10.9. The van der Waals surface area contributed by atoms with E-state index in [4.69, 9.17) is 4.43 Å². The molecule has 0 saturated carbocycles. The average Bonchev–Trinajstić information content (AvgIpc) is 2.61. The van der Waals surface area contributed by atoms with E-state index in [0.717, 1.165) is 12.2 Å². The standard InChI is InChI=1S/C12H22OSi/c1-5-14(6-2,7-3)13-12-9-8-11(4)10-12/h9-10H,5-8H2,1-4H3. The van der Waals surface area contributed by atoms with Crippen LogP contribution in [0.25, 0.3) is 0 Å². The number of hydrogen-bond donors (Lipinski definition) is 0. The Morgan fingerprint density at radius 2 is 1.79 bits per heavy atom. The average molecular weight is 210 g/mol. The Morgan fingerprint density at radius 1 is 1.21 bits per heavy atom. The topological polar surface area (TPSA) is 9.23 Å². The maximum atomic E-state index is 6.24. The van der Waals surface area contributed by atoms with E-state index in [1.165, 1.54) is 23.7 Å². The van der Waals surface area contributed by atoms with Crippen molar-refractivity contribution in [3.05, 3.63) is 23.5 Å². The first-order valence-corrected chi connectivity index (χ1v) is 8.25. The van der Waals surface area contributed by atoms with Gasteiger partial charge in [-0.1, -0.05) is 26.3 Å². The zero-order valence-electron chi connectivity index (χ0n) is 9.89. The highest BCUT2D eigenvalue weighted by atomic mass is 28.4. The van der Waals surface area contributed by atoms with Crippen molar-refractivity contribution >= 4 is 8.32 Å². The normalized spacial score (nSPS) is 16.6. The fraction of sp³-hybridized carbons (Fsp3) is 0.667. The Labute approximate surface area is 89.0 Å². The van der Waals surface area contributed by atoms with Crippen LogP contribution in [0.1, 0.15) is 34.1 Å². The minimum Gasteiger partial charge on any atom is -0.544 e. The van der Waals surface area contributed by atoms with Crippen molar-refractivity contribution in [3.63, 3.8) is 0 Å². The summed E-state index contributed by atoms with van der Waals surface area (Å²) in [4.78, 5) is 0. The number of rotatable bonds is 5. The molecule has 0 aromatic heterocycles. The van der Waals surface area contributed by atoms with E-state index in [-0.39, 0.29) is 0 Å². The van der Waals surface area contributed by atoms with Gasteiger partial charge in [-0.3, -0.25) is 0 Å². The summed E-state index contributed by atoms with van der Waals surface area (Å²) >= 11 is 0. The van der Waals surface area contributed by atoms with Crippen molar-refractivity contribution < 1.29 is 4.43 Å². The molecule has 80 valence electrons. The summed E-state index contributed by atoms with van der Waals surface area (Å²) in [7, 11) is -1.42. The van der Waals surface area contributed by atoms with E-state index >= 15 is 0 Å². The molecule has 0 unspecified atom stereocenters. The van der Waals surface area contributed by atoms with Gasteiger partial charge in [-0.05, 0) is 43.6 Å². The Balaban J connectivity index is 2.65. The Hall–Kier alpha value is -0.503. The summed E-state index contributed by atoms with van der Waals surface area (Å²) < 4.78 is 6.24. The highest BCUT2D eigenvalue weighted by molar-refractivity contribution is 6.73. The van der Waals surface area contributed by atoms with Gasteiger partial charge in [-0.15, -0.1) is 0 Å². The molecule has 0 aromatic carbocycles. The lowest BCUT2D eigenvalue weighted by Gasteiger charge is -2.29. The molecule has 2 heteroatoms. The zero-order chi connectivity index (χ0) is 10.6. The van der Waals surface area contributed by atoms with Crippen molar-refractivity contribution in [3.8, 4) is 0 Å². The molecule has 0 amide bonds. The minimum atomic E-state index is -1.42. The third kappa shape index (κ3) is 2.50. The molecule has 0 N–H and O–H groups in total. The molecule has 0 bridgehead atoms. The molecule has 0 aliphatic heterocycles. The predicted octanol–water partition coefficient (Wildman–Crippen LogP) is 4.24. The number of hydrogen-bond acceptors (Lipinski definition) is 1. The third-order valence-electron chi connectivity index (χ3n) is 3.28. The van der Waals surface area contributed by atoms with E-state index in [2.05, 4.69) is 39.8 Å². The van der Waals surface area contributed by atoms with Crippen LogP contribution in [0, 0.1) is 0 Å². The lowest BCUT2D eigenvalue weighted by Crippen LogP contribution is -2.34. The maximum Gasteiger partial charge on any atom is 0.250 e. The van der Waals surface area contributed by atoms with Gasteiger partial charge in [0.25, 0.3) is 0 Å². The van der Waals surface area contributed by atoms with Gasteiger partial charge >= 0.3 is 0 Å².